The molecular weight excluding hydrogens is 398 g/mol. The molecule has 0 aliphatic heterocycles. The van der Waals surface area contributed by atoms with Gasteiger partial charge in [-0.15, -0.1) is 0 Å². The molecule has 0 heterocycles. The number of aliphatic hydroxyl groups is 5. The molecule has 0 fully saturated rings. The number of hydrogen-bond acceptors (Lipinski definition) is 6. The number of aliphatic hydroxyl groups excluding tert-OH is 5. The van der Waals surface area contributed by atoms with E-state index in [2.05, 4.69) is 12.2 Å². The molecule has 7 nitrogen and oxygen atoms in total. The quantitative estimate of drug-likeness (QED) is 0.142. The van der Waals surface area contributed by atoms with Crippen LogP contribution in [-0.2, 0) is 4.79 Å². The summed E-state index contributed by atoms with van der Waals surface area (Å²) in [6, 6.07) is 0. The Bertz CT molecular complexity index is 410. The third kappa shape index (κ3) is 16.5. The average molecular weight is 448 g/mol. The maximum atomic E-state index is 11.8. The molecule has 0 saturated carbocycles. The summed E-state index contributed by atoms with van der Waals surface area (Å²) in [7, 11) is 0. The molecule has 0 aromatic rings. The molecule has 7 heteroatoms. The predicted molar refractivity (Wildman–Crippen MR) is 124 cm³/mol. The van der Waals surface area contributed by atoms with Crippen molar-refractivity contribution in [2.75, 3.05) is 13.2 Å². The van der Waals surface area contributed by atoms with E-state index in [1.54, 1.807) is 0 Å². The Hall–Kier alpha value is -0.730. The summed E-state index contributed by atoms with van der Waals surface area (Å²) in [5, 5.41) is 49.4. The van der Waals surface area contributed by atoms with Crippen molar-refractivity contribution in [2.45, 2.75) is 134 Å². The zero-order valence-electron chi connectivity index (χ0n) is 19.7. The van der Waals surface area contributed by atoms with E-state index in [4.69, 9.17) is 5.11 Å². The fourth-order valence-corrected chi connectivity index (χ4v) is 3.67. The Morgan fingerprint density at radius 2 is 1.03 bits per heavy atom. The number of rotatable bonds is 22. The van der Waals surface area contributed by atoms with Gasteiger partial charge in [-0.25, -0.2) is 0 Å². The summed E-state index contributed by atoms with van der Waals surface area (Å²) in [4.78, 5) is 11.8. The zero-order valence-corrected chi connectivity index (χ0v) is 19.7. The van der Waals surface area contributed by atoms with Gasteiger partial charge in [-0.2, -0.15) is 0 Å². The molecule has 0 radical (unpaired) electrons. The molecule has 0 rings (SSSR count). The van der Waals surface area contributed by atoms with Crippen molar-refractivity contribution in [3.63, 3.8) is 0 Å². The molecule has 0 aliphatic rings. The van der Waals surface area contributed by atoms with E-state index >= 15 is 0 Å². The lowest BCUT2D eigenvalue weighted by atomic mass is 10.0. The fraction of sp³-hybridized carbons (Fsp3) is 0.958. The van der Waals surface area contributed by atoms with Crippen LogP contribution < -0.4 is 5.32 Å². The van der Waals surface area contributed by atoms with Gasteiger partial charge in [0.05, 0.1) is 6.61 Å². The van der Waals surface area contributed by atoms with Gasteiger partial charge in [-0.3, -0.25) is 4.79 Å². The van der Waals surface area contributed by atoms with Gasteiger partial charge < -0.3 is 30.8 Å². The highest BCUT2D eigenvalue weighted by atomic mass is 16.4. The fourth-order valence-electron chi connectivity index (χ4n) is 3.67. The lowest BCUT2D eigenvalue weighted by Crippen LogP contribution is -2.51. The number of hydrogen-bond donors (Lipinski definition) is 6. The summed E-state index contributed by atoms with van der Waals surface area (Å²) in [6.45, 7) is 1.87. The number of nitrogens with one attached hydrogen (secondary N) is 1. The van der Waals surface area contributed by atoms with Crippen molar-refractivity contribution < 1.29 is 30.3 Å². The van der Waals surface area contributed by atoms with E-state index in [1.807, 2.05) is 0 Å². The van der Waals surface area contributed by atoms with Crippen LogP contribution >= 0.6 is 0 Å². The van der Waals surface area contributed by atoms with Crippen LogP contribution in [0.5, 0.6) is 0 Å². The van der Waals surface area contributed by atoms with Crippen LogP contribution in [0, 0.1) is 0 Å². The largest absolute Gasteiger partial charge is 0.394 e. The second-order valence-electron chi connectivity index (χ2n) is 8.77. The molecule has 1 amide bonds. The van der Waals surface area contributed by atoms with Gasteiger partial charge in [0.25, 0.3) is 5.91 Å². The SMILES string of the molecule is CCCCCCCCCCCCCCCCCCNC(=O)[C@@H](O)[C@@H](O)[C@@H](O)[C@@H](O)CO. The monoisotopic (exact) mass is 447 g/mol. The topological polar surface area (TPSA) is 130 Å². The summed E-state index contributed by atoms with van der Waals surface area (Å²) >= 11 is 0. The van der Waals surface area contributed by atoms with Crippen molar-refractivity contribution in [3.8, 4) is 0 Å². The first-order valence-corrected chi connectivity index (χ1v) is 12.6. The number of unbranched alkanes of at least 4 members (excludes halogenated alkanes) is 15. The van der Waals surface area contributed by atoms with E-state index in [0.29, 0.717) is 6.54 Å². The van der Waals surface area contributed by atoms with E-state index in [1.165, 1.54) is 83.5 Å². The van der Waals surface area contributed by atoms with Crippen molar-refractivity contribution in [1.82, 2.24) is 5.32 Å². The molecule has 0 aromatic heterocycles. The third-order valence-corrected chi connectivity index (χ3v) is 5.85. The van der Waals surface area contributed by atoms with Crippen LogP contribution in [0.3, 0.4) is 0 Å². The molecule has 0 spiro atoms. The highest BCUT2D eigenvalue weighted by molar-refractivity contribution is 5.81. The highest BCUT2D eigenvalue weighted by Gasteiger charge is 2.33. The second kappa shape index (κ2) is 21.1. The van der Waals surface area contributed by atoms with Gasteiger partial charge in [-0.05, 0) is 6.42 Å². The van der Waals surface area contributed by atoms with Gasteiger partial charge in [-0.1, -0.05) is 103 Å². The highest BCUT2D eigenvalue weighted by Crippen LogP contribution is 2.13. The molecule has 6 N–H and O–H groups in total. The molecule has 0 bridgehead atoms. The van der Waals surface area contributed by atoms with Gasteiger partial charge in [0.1, 0.15) is 18.3 Å². The normalized spacial score (nSPS) is 15.4. The molecule has 0 aromatic carbocycles. The maximum absolute atomic E-state index is 11.8. The van der Waals surface area contributed by atoms with Crippen molar-refractivity contribution >= 4 is 5.91 Å². The summed E-state index contributed by atoms with van der Waals surface area (Å²) < 4.78 is 0. The molecule has 0 aliphatic carbocycles. The van der Waals surface area contributed by atoms with Gasteiger partial charge >= 0.3 is 0 Å². The van der Waals surface area contributed by atoms with Crippen molar-refractivity contribution in [2.24, 2.45) is 0 Å². The smallest absolute Gasteiger partial charge is 0.251 e. The van der Waals surface area contributed by atoms with Gasteiger partial charge in [0, 0.05) is 6.54 Å². The Morgan fingerprint density at radius 3 is 1.42 bits per heavy atom. The first-order valence-electron chi connectivity index (χ1n) is 12.6. The number of carbonyl (C=O) groups is 1. The van der Waals surface area contributed by atoms with E-state index in [0.717, 1.165) is 19.3 Å². The lowest BCUT2D eigenvalue weighted by molar-refractivity contribution is -0.148. The minimum atomic E-state index is -1.85. The van der Waals surface area contributed by atoms with Crippen molar-refractivity contribution in [1.29, 1.82) is 0 Å². The zero-order chi connectivity index (χ0) is 23.3. The van der Waals surface area contributed by atoms with Gasteiger partial charge in [0.2, 0.25) is 0 Å². The van der Waals surface area contributed by atoms with Crippen LogP contribution in [0.15, 0.2) is 0 Å². The van der Waals surface area contributed by atoms with E-state index in [-0.39, 0.29) is 0 Å². The third-order valence-electron chi connectivity index (χ3n) is 5.85. The Balaban J connectivity index is 3.45. The standard InChI is InChI=1S/C24H49NO6/c1-2-3-4-5-6-7-8-9-10-11-12-13-14-15-16-17-18-25-24(31)23(30)22(29)21(28)20(27)19-26/h20-23,26-30H,2-19H2,1H3,(H,25,31)/t20-,21-,22-,23-/m0/s1. The first kappa shape index (κ1) is 30.3. The first-order chi connectivity index (χ1) is 15.0. The van der Waals surface area contributed by atoms with Crippen LogP contribution in [0.2, 0.25) is 0 Å². The molecule has 0 unspecified atom stereocenters. The van der Waals surface area contributed by atoms with Crippen LogP contribution in [0.25, 0.3) is 0 Å². The van der Waals surface area contributed by atoms with Crippen LogP contribution in [0.4, 0.5) is 0 Å². The number of amides is 1. The minimum absolute atomic E-state index is 0.389. The predicted octanol–water partition coefficient (Wildman–Crippen LogP) is 2.80. The van der Waals surface area contributed by atoms with Gasteiger partial charge in [0.15, 0.2) is 6.10 Å². The van der Waals surface area contributed by atoms with Crippen LogP contribution in [0.1, 0.15) is 110 Å². The summed E-state index contributed by atoms with van der Waals surface area (Å²) in [6.07, 6.45) is 13.2. The minimum Gasteiger partial charge on any atom is -0.394 e. The average Bonchev–Trinajstić information content (AvgIpc) is 2.78. The molecule has 4 atom stereocenters. The lowest BCUT2D eigenvalue weighted by Gasteiger charge is -2.24. The molecular formula is C24H49NO6. The molecule has 31 heavy (non-hydrogen) atoms. The maximum Gasteiger partial charge on any atom is 0.251 e. The number of carbonyl (C=O) groups excluding carboxylic acids is 1. The summed E-state index contributed by atoms with van der Waals surface area (Å²) in [5.41, 5.74) is 0. The Labute approximate surface area is 189 Å². The van der Waals surface area contributed by atoms with E-state index in [9.17, 15) is 25.2 Å². The molecule has 186 valence electrons. The van der Waals surface area contributed by atoms with E-state index < -0.39 is 36.9 Å². The second-order valence-corrected chi connectivity index (χ2v) is 8.77. The Kier molecular flexibility index (Phi) is 20.6. The molecule has 0 saturated heterocycles. The summed E-state index contributed by atoms with van der Waals surface area (Å²) in [5.74, 6) is -0.794. The van der Waals surface area contributed by atoms with Crippen molar-refractivity contribution in [3.05, 3.63) is 0 Å². The Morgan fingerprint density at radius 1 is 0.645 bits per heavy atom. The van der Waals surface area contributed by atoms with Crippen LogP contribution in [-0.4, -0.2) is 69.0 Å².